The van der Waals surface area contributed by atoms with E-state index in [9.17, 15) is 4.79 Å². The molecular formula is C15H13ClN2O2S. The van der Waals surface area contributed by atoms with Gasteiger partial charge in [0.2, 0.25) is 0 Å². The molecule has 1 fully saturated rings. The Hall–Kier alpha value is -1.59. The smallest absolute Gasteiger partial charge is 0.351 e. The summed E-state index contributed by atoms with van der Waals surface area (Å²) in [6, 6.07) is 8.99. The first-order chi connectivity index (χ1) is 10.2. The Balaban J connectivity index is 1.51. The van der Waals surface area contributed by atoms with Crippen molar-refractivity contribution in [3.05, 3.63) is 45.4 Å². The molecule has 1 heterocycles. The maximum atomic E-state index is 11.5. The van der Waals surface area contributed by atoms with Crippen molar-refractivity contribution in [1.29, 1.82) is 0 Å². The van der Waals surface area contributed by atoms with E-state index in [4.69, 9.17) is 16.3 Å². The minimum atomic E-state index is -0.438. The standard InChI is InChI=1S/C15H13ClN2O2S/c1-20-14(19)12-13(16)18-15(21-12)17-11-9-6-7-4-2-3-5-8(7)10(9)11/h2-5,9-11H,6H2,1H3,(H,17,18). The molecule has 21 heavy (non-hydrogen) atoms. The Labute approximate surface area is 131 Å². The normalized spacial score (nSPS) is 25.1. The molecule has 1 aromatic carbocycles. The second-order valence-corrected chi connectivity index (χ2v) is 6.75. The second-order valence-electron chi connectivity index (χ2n) is 5.39. The molecule has 1 N–H and O–H groups in total. The molecule has 3 atom stereocenters. The molecule has 1 aromatic heterocycles. The van der Waals surface area contributed by atoms with E-state index in [1.54, 1.807) is 0 Å². The van der Waals surface area contributed by atoms with Crippen molar-refractivity contribution in [3.63, 3.8) is 0 Å². The van der Waals surface area contributed by atoms with Gasteiger partial charge in [0, 0.05) is 12.0 Å². The number of hydrogen-bond acceptors (Lipinski definition) is 5. The van der Waals surface area contributed by atoms with Crippen LogP contribution in [0.25, 0.3) is 0 Å². The predicted molar refractivity (Wildman–Crippen MR) is 82.3 cm³/mol. The Morgan fingerprint density at radius 2 is 2.29 bits per heavy atom. The number of rotatable bonds is 3. The number of nitrogens with one attached hydrogen (secondary N) is 1. The Kier molecular flexibility index (Phi) is 2.94. The van der Waals surface area contributed by atoms with Gasteiger partial charge in [-0.25, -0.2) is 9.78 Å². The summed E-state index contributed by atoms with van der Waals surface area (Å²) in [7, 11) is 1.34. The van der Waals surface area contributed by atoms with Crippen molar-refractivity contribution in [2.24, 2.45) is 5.92 Å². The quantitative estimate of drug-likeness (QED) is 0.881. The van der Waals surface area contributed by atoms with Crippen LogP contribution < -0.4 is 5.32 Å². The lowest BCUT2D eigenvalue weighted by molar-refractivity contribution is 0.0606. The predicted octanol–water partition coefficient (Wildman–Crippen LogP) is 3.33. The lowest BCUT2D eigenvalue weighted by Gasteiger charge is -2.07. The van der Waals surface area contributed by atoms with Crippen LogP contribution in [0.2, 0.25) is 5.15 Å². The molecule has 0 aliphatic heterocycles. The third-order valence-electron chi connectivity index (χ3n) is 4.29. The van der Waals surface area contributed by atoms with Gasteiger partial charge in [-0.2, -0.15) is 0 Å². The number of aromatic nitrogens is 1. The van der Waals surface area contributed by atoms with Gasteiger partial charge in [0.1, 0.15) is 0 Å². The second kappa shape index (κ2) is 4.71. The number of carbonyl (C=O) groups is 1. The zero-order valence-corrected chi connectivity index (χ0v) is 12.9. The molecule has 4 rings (SSSR count). The van der Waals surface area contributed by atoms with Gasteiger partial charge < -0.3 is 10.1 Å². The number of esters is 1. The number of thiazole rings is 1. The lowest BCUT2D eigenvalue weighted by atomic mass is 10.1. The van der Waals surface area contributed by atoms with Crippen molar-refractivity contribution in [1.82, 2.24) is 4.98 Å². The summed E-state index contributed by atoms with van der Waals surface area (Å²) in [5, 5.41) is 4.31. The Morgan fingerprint density at radius 1 is 1.48 bits per heavy atom. The monoisotopic (exact) mass is 320 g/mol. The largest absolute Gasteiger partial charge is 0.465 e. The maximum Gasteiger partial charge on any atom is 0.351 e. The van der Waals surface area contributed by atoms with Crippen molar-refractivity contribution in [2.45, 2.75) is 18.4 Å². The minimum absolute atomic E-state index is 0.209. The fourth-order valence-corrected chi connectivity index (χ4v) is 4.42. The SMILES string of the molecule is COC(=O)c1sc(NC2C3Cc4ccccc4C32)nc1Cl. The molecule has 0 saturated heterocycles. The number of carbonyl (C=O) groups excluding carboxylic acids is 1. The van der Waals surface area contributed by atoms with Crippen LogP contribution in [0.4, 0.5) is 5.13 Å². The molecule has 0 amide bonds. The number of halogens is 1. The van der Waals surface area contributed by atoms with E-state index >= 15 is 0 Å². The number of hydrogen-bond donors (Lipinski definition) is 1. The van der Waals surface area contributed by atoms with E-state index in [0.29, 0.717) is 27.9 Å². The van der Waals surface area contributed by atoms with Crippen molar-refractivity contribution < 1.29 is 9.53 Å². The summed E-state index contributed by atoms with van der Waals surface area (Å²) >= 11 is 7.23. The molecule has 1 saturated carbocycles. The van der Waals surface area contributed by atoms with Crippen LogP contribution >= 0.6 is 22.9 Å². The summed E-state index contributed by atoms with van der Waals surface area (Å²) in [5.41, 5.74) is 2.90. The highest BCUT2D eigenvalue weighted by molar-refractivity contribution is 7.18. The molecular weight excluding hydrogens is 308 g/mol. The number of benzene rings is 1. The molecule has 108 valence electrons. The fourth-order valence-electron chi connectivity index (χ4n) is 3.27. The zero-order chi connectivity index (χ0) is 14.6. The van der Waals surface area contributed by atoms with Crippen LogP contribution in [0.3, 0.4) is 0 Å². The van der Waals surface area contributed by atoms with E-state index in [1.807, 2.05) is 0 Å². The van der Waals surface area contributed by atoms with Gasteiger partial charge in [-0.3, -0.25) is 0 Å². The van der Waals surface area contributed by atoms with Gasteiger partial charge >= 0.3 is 5.97 Å². The topological polar surface area (TPSA) is 51.2 Å². The van der Waals surface area contributed by atoms with Gasteiger partial charge in [0.25, 0.3) is 0 Å². The lowest BCUT2D eigenvalue weighted by Crippen LogP contribution is -2.09. The Bertz CT molecular complexity index is 730. The summed E-state index contributed by atoms with van der Waals surface area (Å²) in [4.78, 5) is 16.1. The summed E-state index contributed by atoms with van der Waals surface area (Å²) in [6.07, 6.45) is 1.11. The van der Waals surface area contributed by atoms with Gasteiger partial charge in [-0.05, 0) is 23.5 Å². The highest BCUT2D eigenvalue weighted by Crippen LogP contribution is 2.57. The van der Waals surface area contributed by atoms with E-state index < -0.39 is 5.97 Å². The van der Waals surface area contributed by atoms with E-state index in [2.05, 4.69) is 34.6 Å². The number of fused-ring (bicyclic) bond motifs is 3. The third kappa shape index (κ3) is 2.03. The fraction of sp³-hybridized carbons (Fsp3) is 0.333. The van der Waals surface area contributed by atoms with Gasteiger partial charge in [-0.15, -0.1) is 0 Å². The first kappa shape index (κ1) is 13.1. The molecule has 2 aromatic rings. The van der Waals surface area contributed by atoms with Crippen molar-refractivity contribution in [3.8, 4) is 0 Å². The van der Waals surface area contributed by atoms with Crippen LogP contribution in [0.5, 0.6) is 0 Å². The third-order valence-corrected chi connectivity index (χ3v) is 5.64. The van der Waals surface area contributed by atoms with E-state index in [0.717, 1.165) is 6.42 Å². The molecule has 3 unspecified atom stereocenters. The van der Waals surface area contributed by atoms with E-state index in [1.165, 1.54) is 29.6 Å². The zero-order valence-electron chi connectivity index (χ0n) is 11.3. The summed E-state index contributed by atoms with van der Waals surface area (Å²) in [6.45, 7) is 0. The van der Waals surface area contributed by atoms with Gasteiger partial charge in [0.15, 0.2) is 15.2 Å². The van der Waals surface area contributed by atoms with Gasteiger partial charge in [-0.1, -0.05) is 47.2 Å². The maximum absolute atomic E-state index is 11.5. The highest BCUT2D eigenvalue weighted by Gasteiger charge is 2.55. The average Bonchev–Trinajstić information content (AvgIpc) is 2.84. The van der Waals surface area contributed by atoms with Crippen molar-refractivity contribution >= 4 is 34.0 Å². The number of nitrogens with zero attached hydrogens (tertiary/aromatic N) is 1. The number of methoxy groups -OCH3 is 1. The molecule has 2 aliphatic carbocycles. The molecule has 6 heteroatoms. The first-order valence-corrected chi connectivity index (χ1v) is 7.97. The van der Waals surface area contributed by atoms with Gasteiger partial charge in [0.05, 0.1) is 7.11 Å². The van der Waals surface area contributed by atoms with Crippen LogP contribution in [0.1, 0.15) is 26.7 Å². The first-order valence-electron chi connectivity index (χ1n) is 6.78. The van der Waals surface area contributed by atoms with Crippen molar-refractivity contribution in [2.75, 3.05) is 12.4 Å². The number of ether oxygens (including phenoxy) is 1. The van der Waals surface area contributed by atoms with Crippen LogP contribution in [-0.4, -0.2) is 24.1 Å². The molecule has 4 nitrogen and oxygen atoms in total. The summed E-state index contributed by atoms with van der Waals surface area (Å²) in [5.74, 6) is 0.754. The van der Waals surface area contributed by atoms with E-state index in [-0.39, 0.29) is 5.15 Å². The highest BCUT2D eigenvalue weighted by atomic mass is 35.5. The molecule has 0 radical (unpaired) electrons. The summed E-state index contributed by atoms with van der Waals surface area (Å²) < 4.78 is 4.69. The Morgan fingerprint density at radius 3 is 3.10 bits per heavy atom. The van der Waals surface area contributed by atoms with Crippen LogP contribution in [0.15, 0.2) is 24.3 Å². The van der Waals surface area contributed by atoms with Crippen LogP contribution in [-0.2, 0) is 11.2 Å². The molecule has 0 spiro atoms. The molecule has 2 aliphatic rings. The van der Waals surface area contributed by atoms with Crippen LogP contribution in [0, 0.1) is 5.92 Å². The number of anilines is 1. The molecule has 0 bridgehead atoms. The minimum Gasteiger partial charge on any atom is -0.465 e. The average molecular weight is 321 g/mol.